The number of nitrogens with one attached hydrogen (secondary N) is 1. The molecule has 3 nitrogen and oxygen atoms in total. The molecule has 112 valence electrons. The molecule has 2 atom stereocenters. The van der Waals surface area contributed by atoms with Crippen molar-refractivity contribution in [2.75, 3.05) is 5.32 Å². The predicted molar refractivity (Wildman–Crippen MR) is 86.2 cm³/mol. The molecule has 2 unspecified atom stereocenters. The average Bonchev–Trinajstić information content (AvgIpc) is 2.47. The van der Waals surface area contributed by atoms with Gasteiger partial charge in [0.15, 0.2) is 0 Å². The number of hydrogen-bond donors (Lipinski definition) is 1. The van der Waals surface area contributed by atoms with Crippen molar-refractivity contribution in [1.82, 2.24) is 4.90 Å². The van der Waals surface area contributed by atoms with Crippen molar-refractivity contribution in [1.29, 1.82) is 0 Å². The van der Waals surface area contributed by atoms with Crippen molar-refractivity contribution in [3.05, 3.63) is 29.8 Å². The highest BCUT2D eigenvalue weighted by molar-refractivity contribution is 5.90. The van der Waals surface area contributed by atoms with E-state index in [1.807, 2.05) is 23.1 Å². The SMILES string of the molecule is CCc1ccccc1NC(=O)N(C(C)CC)C(C)CC. The van der Waals surface area contributed by atoms with E-state index in [9.17, 15) is 4.79 Å². The van der Waals surface area contributed by atoms with Gasteiger partial charge in [-0.1, -0.05) is 39.0 Å². The smallest absolute Gasteiger partial charge is 0.319 e. The zero-order chi connectivity index (χ0) is 15.1. The van der Waals surface area contributed by atoms with Gasteiger partial charge >= 0.3 is 6.03 Å². The number of amides is 2. The molecule has 2 amide bonds. The van der Waals surface area contributed by atoms with Gasteiger partial charge < -0.3 is 10.2 Å². The van der Waals surface area contributed by atoms with Crippen LogP contribution in [0.25, 0.3) is 0 Å². The van der Waals surface area contributed by atoms with E-state index in [2.05, 4.69) is 46.0 Å². The van der Waals surface area contributed by atoms with Crippen molar-refractivity contribution in [2.45, 2.75) is 66.0 Å². The second-order valence-electron chi connectivity index (χ2n) is 5.36. The lowest BCUT2D eigenvalue weighted by Crippen LogP contribution is -2.46. The van der Waals surface area contributed by atoms with Crippen LogP contribution in [0.15, 0.2) is 24.3 Å². The topological polar surface area (TPSA) is 32.3 Å². The van der Waals surface area contributed by atoms with Crippen molar-refractivity contribution in [3.8, 4) is 0 Å². The summed E-state index contributed by atoms with van der Waals surface area (Å²) in [5.74, 6) is 0. The molecule has 1 aromatic carbocycles. The van der Waals surface area contributed by atoms with Crippen LogP contribution >= 0.6 is 0 Å². The molecule has 0 heterocycles. The fraction of sp³-hybridized carbons (Fsp3) is 0.588. The second kappa shape index (κ2) is 7.93. The fourth-order valence-corrected chi connectivity index (χ4v) is 2.36. The van der Waals surface area contributed by atoms with E-state index < -0.39 is 0 Å². The predicted octanol–water partition coefficient (Wildman–Crippen LogP) is 4.68. The lowest BCUT2D eigenvalue weighted by atomic mass is 10.1. The first-order valence-corrected chi connectivity index (χ1v) is 7.72. The number of carbonyl (C=O) groups excluding carboxylic acids is 1. The molecule has 0 bridgehead atoms. The molecule has 0 saturated carbocycles. The number of urea groups is 1. The lowest BCUT2D eigenvalue weighted by Gasteiger charge is -2.34. The van der Waals surface area contributed by atoms with E-state index in [4.69, 9.17) is 0 Å². The van der Waals surface area contributed by atoms with E-state index in [1.54, 1.807) is 0 Å². The van der Waals surface area contributed by atoms with Crippen LogP contribution in [0, 0.1) is 0 Å². The summed E-state index contributed by atoms with van der Waals surface area (Å²) in [5.41, 5.74) is 2.10. The number of nitrogens with zero attached hydrogens (tertiary/aromatic N) is 1. The first kappa shape index (κ1) is 16.5. The van der Waals surface area contributed by atoms with Gasteiger partial charge in [-0.25, -0.2) is 4.79 Å². The van der Waals surface area contributed by atoms with Gasteiger partial charge in [0, 0.05) is 17.8 Å². The molecule has 0 aliphatic carbocycles. The number of anilines is 1. The number of aryl methyl sites for hydroxylation is 1. The van der Waals surface area contributed by atoms with Crippen LogP contribution in [0.2, 0.25) is 0 Å². The Labute approximate surface area is 123 Å². The molecule has 0 spiro atoms. The average molecular weight is 276 g/mol. The van der Waals surface area contributed by atoms with Gasteiger partial charge in [0.05, 0.1) is 0 Å². The lowest BCUT2D eigenvalue weighted by molar-refractivity contribution is 0.163. The number of rotatable bonds is 6. The minimum absolute atomic E-state index is 0.00889. The summed E-state index contributed by atoms with van der Waals surface area (Å²) in [6.45, 7) is 10.6. The van der Waals surface area contributed by atoms with Gasteiger partial charge in [0.25, 0.3) is 0 Å². The summed E-state index contributed by atoms with van der Waals surface area (Å²) < 4.78 is 0. The maximum atomic E-state index is 12.6. The summed E-state index contributed by atoms with van der Waals surface area (Å²) in [6, 6.07) is 8.52. The highest BCUT2D eigenvalue weighted by Gasteiger charge is 2.23. The fourth-order valence-electron chi connectivity index (χ4n) is 2.36. The van der Waals surface area contributed by atoms with Crippen molar-refractivity contribution in [3.63, 3.8) is 0 Å². The Morgan fingerprint density at radius 2 is 1.65 bits per heavy atom. The van der Waals surface area contributed by atoms with Gasteiger partial charge in [-0.3, -0.25) is 0 Å². The van der Waals surface area contributed by atoms with Crippen LogP contribution in [0.4, 0.5) is 10.5 Å². The molecule has 20 heavy (non-hydrogen) atoms. The van der Waals surface area contributed by atoms with Crippen LogP contribution in [0.1, 0.15) is 53.0 Å². The number of benzene rings is 1. The van der Waals surface area contributed by atoms with E-state index >= 15 is 0 Å². The normalized spacial score (nSPS) is 13.7. The third-order valence-corrected chi connectivity index (χ3v) is 4.01. The van der Waals surface area contributed by atoms with Crippen LogP contribution < -0.4 is 5.32 Å². The molecular formula is C17H28N2O. The third kappa shape index (κ3) is 3.99. The number of para-hydroxylation sites is 1. The first-order valence-electron chi connectivity index (χ1n) is 7.72. The Morgan fingerprint density at radius 1 is 1.10 bits per heavy atom. The van der Waals surface area contributed by atoms with Crippen LogP contribution in [-0.2, 0) is 6.42 Å². The molecule has 1 rings (SSSR count). The summed E-state index contributed by atoms with van der Waals surface area (Å²) in [7, 11) is 0. The van der Waals surface area contributed by atoms with Gasteiger partial charge in [0.2, 0.25) is 0 Å². The number of carbonyl (C=O) groups is 1. The zero-order valence-electron chi connectivity index (χ0n) is 13.4. The minimum atomic E-state index is 0.00889. The van der Waals surface area contributed by atoms with Crippen LogP contribution in [-0.4, -0.2) is 23.0 Å². The molecular weight excluding hydrogens is 248 g/mol. The summed E-state index contributed by atoms with van der Waals surface area (Å²) >= 11 is 0. The highest BCUT2D eigenvalue weighted by atomic mass is 16.2. The van der Waals surface area contributed by atoms with Crippen LogP contribution in [0.3, 0.4) is 0 Å². The summed E-state index contributed by atoms with van der Waals surface area (Å²) in [6.07, 6.45) is 2.85. The van der Waals surface area contributed by atoms with E-state index in [1.165, 1.54) is 5.56 Å². The molecule has 3 heteroatoms. The largest absolute Gasteiger partial charge is 0.322 e. The third-order valence-electron chi connectivity index (χ3n) is 4.01. The van der Waals surface area contributed by atoms with Gasteiger partial charge in [0.1, 0.15) is 0 Å². The first-order chi connectivity index (χ1) is 9.54. The van der Waals surface area contributed by atoms with Gasteiger partial charge in [-0.05, 0) is 44.7 Å². The Hall–Kier alpha value is -1.51. The monoisotopic (exact) mass is 276 g/mol. The summed E-state index contributed by atoms with van der Waals surface area (Å²) in [4.78, 5) is 14.6. The molecule has 0 aliphatic rings. The van der Waals surface area contributed by atoms with Gasteiger partial charge in [-0.2, -0.15) is 0 Å². The Kier molecular flexibility index (Phi) is 6.56. The summed E-state index contributed by atoms with van der Waals surface area (Å²) in [5, 5.41) is 3.08. The van der Waals surface area contributed by atoms with E-state index in [-0.39, 0.29) is 18.1 Å². The Balaban J connectivity index is 2.90. The van der Waals surface area contributed by atoms with E-state index in [0.29, 0.717) is 0 Å². The maximum Gasteiger partial charge on any atom is 0.322 e. The molecule has 0 radical (unpaired) electrons. The van der Waals surface area contributed by atoms with Gasteiger partial charge in [-0.15, -0.1) is 0 Å². The molecule has 0 aromatic heterocycles. The standard InChI is InChI=1S/C17H28N2O/c1-6-13(4)19(14(5)7-2)17(20)18-16-12-10-9-11-15(16)8-3/h9-14H,6-8H2,1-5H3,(H,18,20). The molecule has 1 N–H and O–H groups in total. The van der Waals surface area contributed by atoms with Crippen molar-refractivity contribution in [2.24, 2.45) is 0 Å². The quantitative estimate of drug-likeness (QED) is 0.804. The Bertz CT molecular complexity index is 421. The van der Waals surface area contributed by atoms with E-state index in [0.717, 1.165) is 24.9 Å². The van der Waals surface area contributed by atoms with Crippen LogP contribution in [0.5, 0.6) is 0 Å². The zero-order valence-corrected chi connectivity index (χ0v) is 13.4. The van der Waals surface area contributed by atoms with Crippen molar-refractivity contribution >= 4 is 11.7 Å². The maximum absolute atomic E-state index is 12.6. The second-order valence-corrected chi connectivity index (χ2v) is 5.36. The molecule has 0 saturated heterocycles. The molecule has 0 fully saturated rings. The molecule has 1 aromatic rings. The van der Waals surface area contributed by atoms with Crippen molar-refractivity contribution < 1.29 is 4.79 Å². The number of hydrogen-bond acceptors (Lipinski definition) is 1. The molecule has 0 aliphatic heterocycles. The minimum Gasteiger partial charge on any atom is -0.319 e. The highest BCUT2D eigenvalue weighted by Crippen LogP contribution is 2.19. The Morgan fingerprint density at radius 3 is 2.15 bits per heavy atom.